The average molecular weight is 347 g/mol. The Balaban J connectivity index is 1.90. The summed E-state index contributed by atoms with van der Waals surface area (Å²) >= 11 is 6.00. The molecule has 0 saturated heterocycles. The minimum absolute atomic E-state index is 0.490. The van der Waals surface area contributed by atoms with Crippen molar-refractivity contribution in [2.24, 2.45) is 4.99 Å². The number of nitrogens with one attached hydrogen (secondary N) is 2. The minimum Gasteiger partial charge on any atom is -0.481 e. The molecule has 0 fully saturated rings. The van der Waals surface area contributed by atoms with Crippen molar-refractivity contribution in [1.29, 1.82) is 0 Å². The molecule has 0 aliphatic carbocycles. The molecule has 0 saturated carbocycles. The molecule has 1 heterocycles. The zero-order chi connectivity index (χ0) is 17.2. The number of ether oxygens (including phenoxy) is 1. The summed E-state index contributed by atoms with van der Waals surface area (Å²) in [5.74, 6) is 1.37. The van der Waals surface area contributed by atoms with Gasteiger partial charge < -0.3 is 15.4 Å². The fraction of sp³-hybridized carbons (Fsp3) is 0.333. The molecule has 0 unspecified atom stereocenters. The van der Waals surface area contributed by atoms with E-state index < -0.39 is 0 Å². The molecule has 1 aromatic carbocycles. The second-order valence-corrected chi connectivity index (χ2v) is 5.61. The average Bonchev–Trinajstić information content (AvgIpc) is 2.60. The zero-order valence-electron chi connectivity index (χ0n) is 14.1. The van der Waals surface area contributed by atoms with Crippen molar-refractivity contribution in [2.45, 2.75) is 19.9 Å². The van der Waals surface area contributed by atoms with E-state index in [-0.39, 0.29) is 0 Å². The summed E-state index contributed by atoms with van der Waals surface area (Å²) in [6, 6.07) is 13.6. The monoisotopic (exact) mass is 346 g/mol. The van der Waals surface area contributed by atoms with Crippen LogP contribution in [0.25, 0.3) is 0 Å². The van der Waals surface area contributed by atoms with Crippen LogP contribution in [-0.2, 0) is 13.0 Å². The maximum absolute atomic E-state index is 6.00. The molecule has 5 nitrogen and oxygen atoms in total. The van der Waals surface area contributed by atoms with Gasteiger partial charge in [0.2, 0.25) is 5.88 Å². The highest BCUT2D eigenvalue weighted by molar-refractivity contribution is 6.30. The maximum atomic E-state index is 6.00. The number of pyridine rings is 1. The van der Waals surface area contributed by atoms with Gasteiger partial charge in [-0.1, -0.05) is 29.8 Å². The highest BCUT2D eigenvalue weighted by Gasteiger charge is 2.01. The number of methoxy groups -OCH3 is 1. The van der Waals surface area contributed by atoms with Crippen molar-refractivity contribution >= 4 is 17.6 Å². The van der Waals surface area contributed by atoms with E-state index in [9.17, 15) is 0 Å². The van der Waals surface area contributed by atoms with E-state index in [1.807, 2.05) is 43.3 Å². The van der Waals surface area contributed by atoms with E-state index in [4.69, 9.17) is 16.3 Å². The molecule has 0 bridgehead atoms. The van der Waals surface area contributed by atoms with E-state index in [0.29, 0.717) is 12.4 Å². The van der Waals surface area contributed by atoms with Crippen LogP contribution >= 0.6 is 11.6 Å². The van der Waals surface area contributed by atoms with Gasteiger partial charge >= 0.3 is 0 Å². The SMILES string of the molecule is CCNC(=NCc1cccc(OC)n1)NCCc1cccc(Cl)c1. The predicted molar refractivity (Wildman–Crippen MR) is 98.8 cm³/mol. The van der Waals surface area contributed by atoms with Gasteiger partial charge in [-0.25, -0.2) is 9.98 Å². The van der Waals surface area contributed by atoms with Gasteiger partial charge in [-0.15, -0.1) is 0 Å². The summed E-state index contributed by atoms with van der Waals surface area (Å²) in [5, 5.41) is 7.32. The van der Waals surface area contributed by atoms with Crippen LogP contribution < -0.4 is 15.4 Å². The first-order valence-corrected chi connectivity index (χ1v) is 8.35. The van der Waals surface area contributed by atoms with E-state index >= 15 is 0 Å². The van der Waals surface area contributed by atoms with Crippen LogP contribution in [0.1, 0.15) is 18.2 Å². The van der Waals surface area contributed by atoms with E-state index in [0.717, 1.165) is 36.2 Å². The van der Waals surface area contributed by atoms with Gasteiger partial charge in [0.15, 0.2) is 5.96 Å². The largest absolute Gasteiger partial charge is 0.481 e. The summed E-state index contributed by atoms with van der Waals surface area (Å²) in [7, 11) is 1.61. The fourth-order valence-electron chi connectivity index (χ4n) is 2.18. The molecule has 2 N–H and O–H groups in total. The highest BCUT2D eigenvalue weighted by Crippen LogP contribution is 2.10. The van der Waals surface area contributed by atoms with Gasteiger partial charge in [-0.2, -0.15) is 0 Å². The molecule has 128 valence electrons. The Kier molecular flexibility index (Phi) is 7.36. The Bertz CT molecular complexity index is 676. The topological polar surface area (TPSA) is 58.5 Å². The second kappa shape index (κ2) is 9.78. The third-order valence-electron chi connectivity index (χ3n) is 3.33. The number of hydrogen-bond donors (Lipinski definition) is 2. The summed E-state index contributed by atoms with van der Waals surface area (Å²) < 4.78 is 5.13. The van der Waals surface area contributed by atoms with Crippen LogP contribution in [-0.4, -0.2) is 31.1 Å². The summed E-state index contributed by atoms with van der Waals surface area (Å²) in [5.41, 5.74) is 2.06. The minimum atomic E-state index is 0.490. The number of nitrogens with zero attached hydrogens (tertiary/aromatic N) is 2. The first kappa shape index (κ1) is 18.1. The van der Waals surface area contributed by atoms with Crippen LogP contribution in [0, 0.1) is 0 Å². The number of hydrogen-bond acceptors (Lipinski definition) is 3. The lowest BCUT2D eigenvalue weighted by molar-refractivity contribution is 0.396. The van der Waals surface area contributed by atoms with E-state index in [1.54, 1.807) is 7.11 Å². The summed E-state index contributed by atoms with van der Waals surface area (Å²) in [6.45, 7) is 4.11. The van der Waals surface area contributed by atoms with Crippen LogP contribution in [0.5, 0.6) is 5.88 Å². The van der Waals surface area contributed by atoms with Crippen LogP contribution in [0.3, 0.4) is 0 Å². The molecule has 0 atom stereocenters. The maximum Gasteiger partial charge on any atom is 0.213 e. The van der Waals surface area contributed by atoms with Crippen LogP contribution in [0.4, 0.5) is 0 Å². The van der Waals surface area contributed by atoms with Gasteiger partial charge in [-0.3, -0.25) is 0 Å². The smallest absolute Gasteiger partial charge is 0.213 e. The number of aliphatic imine (C=N–C) groups is 1. The molecular weight excluding hydrogens is 324 g/mol. The van der Waals surface area contributed by atoms with Gasteiger partial charge in [-0.05, 0) is 37.1 Å². The predicted octanol–water partition coefficient (Wildman–Crippen LogP) is 3.04. The fourth-order valence-corrected chi connectivity index (χ4v) is 2.39. The van der Waals surface area contributed by atoms with Gasteiger partial charge in [0, 0.05) is 24.2 Å². The van der Waals surface area contributed by atoms with Crippen molar-refractivity contribution in [1.82, 2.24) is 15.6 Å². The molecule has 0 aliphatic heterocycles. The molecule has 0 radical (unpaired) electrons. The van der Waals surface area contributed by atoms with Crippen LogP contribution in [0.15, 0.2) is 47.5 Å². The first-order chi connectivity index (χ1) is 11.7. The first-order valence-electron chi connectivity index (χ1n) is 7.98. The normalized spacial score (nSPS) is 11.2. The molecule has 0 aliphatic rings. The lowest BCUT2D eigenvalue weighted by Crippen LogP contribution is -2.38. The number of benzene rings is 1. The third-order valence-corrected chi connectivity index (χ3v) is 3.56. The Hall–Kier alpha value is -2.27. The van der Waals surface area contributed by atoms with Crippen molar-refractivity contribution in [3.05, 3.63) is 58.7 Å². The number of aromatic nitrogens is 1. The van der Waals surface area contributed by atoms with E-state index in [1.165, 1.54) is 5.56 Å². The lowest BCUT2D eigenvalue weighted by atomic mass is 10.1. The molecule has 6 heteroatoms. The van der Waals surface area contributed by atoms with Crippen molar-refractivity contribution in [3.63, 3.8) is 0 Å². The molecule has 0 spiro atoms. The van der Waals surface area contributed by atoms with Crippen molar-refractivity contribution in [2.75, 3.05) is 20.2 Å². The second-order valence-electron chi connectivity index (χ2n) is 5.17. The summed E-state index contributed by atoms with van der Waals surface area (Å²) in [6.07, 6.45) is 0.877. The molecule has 2 aromatic rings. The number of guanidine groups is 1. The van der Waals surface area contributed by atoms with Gasteiger partial charge in [0.05, 0.1) is 19.3 Å². The van der Waals surface area contributed by atoms with Crippen molar-refractivity contribution < 1.29 is 4.74 Å². The van der Waals surface area contributed by atoms with E-state index in [2.05, 4.69) is 26.7 Å². The molecule has 2 rings (SSSR count). The Morgan fingerprint density at radius 1 is 1.21 bits per heavy atom. The number of halogens is 1. The molecular formula is C18H23ClN4O. The quantitative estimate of drug-likeness (QED) is 0.597. The Morgan fingerprint density at radius 3 is 2.79 bits per heavy atom. The summed E-state index contributed by atoms with van der Waals surface area (Å²) in [4.78, 5) is 8.92. The third kappa shape index (κ3) is 6.08. The molecule has 0 amide bonds. The lowest BCUT2D eigenvalue weighted by Gasteiger charge is -2.11. The van der Waals surface area contributed by atoms with Crippen LogP contribution in [0.2, 0.25) is 5.02 Å². The van der Waals surface area contributed by atoms with Gasteiger partial charge in [0.1, 0.15) is 0 Å². The zero-order valence-corrected chi connectivity index (χ0v) is 14.8. The van der Waals surface area contributed by atoms with Crippen molar-refractivity contribution in [3.8, 4) is 5.88 Å². The molecule has 24 heavy (non-hydrogen) atoms. The van der Waals surface area contributed by atoms with Gasteiger partial charge in [0.25, 0.3) is 0 Å². The Labute approximate surface area is 148 Å². The Morgan fingerprint density at radius 2 is 2.04 bits per heavy atom. The highest BCUT2D eigenvalue weighted by atomic mass is 35.5. The number of rotatable bonds is 7. The molecule has 1 aromatic heterocycles. The standard InChI is InChI=1S/C18H23ClN4O/c1-3-20-18(21-11-10-14-6-4-7-15(19)12-14)22-13-16-8-5-9-17(23-16)24-2/h4-9,12H,3,10-11,13H2,1-2H3,(H2,20,21,22).